The van der Waals surface area contributed by atoms with Gasteiger partial charge in [0.05, 0.1) is 18.9 Å². The van der Waals surface area contributed by atoms with E-state index in [9.17, 15) is 4.39 Å². The predicted octanol–water partition coefficient (Wildman–Crippen LogP) is 1.60. The molecule has 1 saturated carbocycles. The lowest BCUT2D eigenvalue weighted by molar-refractivity contribution is -0.151. The molecule has 1 heterocycles. The molecule has 13 heavy (non-hydrogen) atoms. The first-order valence-corrected chi connectivity index (χ1v) is 5.27. The van der Waals surface area contributed by atoms with E-state index in [0.717, 1.165) is 26.2 Å². The molecule has 0 bridgehead atoms. The van der Waals surface area contributed by atoms with E-state index in [0.29, 0.717) is 6.42 Å². The van der Waals surface area contributed by atoms with Gasteiger partial charge in [-0.15, -0.1) is 0 Å². The molecule has 0 aromatic carbocycles. The molecule has 0 amide bonds. The molecule has 0 N–H and O–H groups in total. The first kappa shape index (κ1) is 9.41. The Morgan fingerprint density at radius 1 is 1.38 bits per heavy atom. The maximum atomic E-state index is 12.0. The van der Waals surface area contributed by atoms with Crippen molar-refractivity contribution in [1.82, 2.24) is 4.90 Å². The highest BCUT2D eigenvalue weighted by Crippen LogP contribution is 2.37. The summed E-state index contributed by atoms with van der Waals surface area (Å²) in [5.41, 5.74) is 0.175. The molecule has 1 aliphatic carbocycles. The van der Waals surface area contributed by atoms with Crippen LogP contribution < -0.4 is 0 Å². The van der Waals surface area contributed by atoms with Gasteiger partial charge in [-0.1, -0.05) is 0 Å². The van der Waals surface area contributed by atoms with Crippen LogP contribution in [-0.2, 0) is 4.74 Å². The summed E-state index contributed by atoms with van der Waals surface area (Å²) in [6.07, 6.45) is 4.39. The summed E-state index contributed by atoms with van der Waals surface area (Å²) in [5, 5.41) is 0. The Balaban J connectivity index is 1.78. The van der Waals surface area contributed by atoms with Crippen LogP contribution >= 0.6 is 0 Å². The fourth-order valence-electron chi connectivity index (χ4n) is 2.27. The van der Waals surface area contributed by atoms with E-state index < -0.39 is 0 Å². The second-order valence-corrected chi connectivity index (χ2v) is 4.20. The average Bonchev–Trinajstić information content (AvgIpc) is 2.13. The van der Waals surface area contributed by atoms with E-state index in [4.69, 9.17) is 4.74 Å². The van der Waals surface area contributed by atoms with Gasteiger partial charge >= 0.3 is 0 Å². The van der Waals surface area contributed by atoms with Gasteiger partial charge in [0, 0.05) is 19.6 Å². The largest absolute Gasteiger partial charge is 0.372 e. The Hall–Kier alpha value is -0.150. The third kappa shape index (κ3) is 2.02. The first-order chi connectivity index (χ1) is 6.35. The van der Waals surface area contributed by atoms with Crippen LogP contribution in [0.4, 0.5) is 4.39 Å². The molecule has 2 rings (SSSR count). The number of hydrogen-bond donors (Lipinski definition) is 0. The fourth-order valence-corrected chi connectivity index (χ4v) is 2.27. The Labute approximate surface area is 79.1 Å². The van der Waals surface area contributed by atoms with Gasteiger partial charge in [-0.05, 0) is 25.7 Å². The number of morpholine rings is 1. The Kier molecular flexibility index (Phi) is 2.84. The molecule has 0 aromatic rings. The third-order valence-corrected chi connectivity index (χ3v) is 3.20. The number of rotatable bonds is 3. The standard InChI is InChI=1S/C10H18FNO/c11-5-2-6-12-7-8-13-10(9-12)3-1-4-10/h1-9H2. The molecule has 3 heteroatoms. The zero-order valence-electron chi connectivity index (χ0n) is 8.10. The van der Waals surface area contributed by atoms with Gasteiger partial charge in [-0.25, -0.2) is 0 Å². The van der Waals surface area contributed by atoms with E-state index >= 15 is 0 Å². The third-order valence-electron chi connectivity index (χ3n) is 3.20. The summed E-state index contributed by atoms with van der Waals surface area (Å²) in [7, 11) is 0. The molecule has 1 spiro atoms. The summed E-state index contributed by atoms with van der Waals surface area (Å²) < 4.78 is 17.8. The van der Waals surface area contributed by atoms with Gasteiger partial charge < -0.3 is 4.74 Å². The van der Waals surface area contributed by atoms with Gasteiger partial charge in [-0.3, -0.25) is 9.29 Å². The molecule has 0 radical (unpaired) electrons. The molecular weight excluding hydrogens is 169 g/mol. The van der Waals surface area contributed by atoms with Gasteiger partial charge in [0.1, 0.15) is 0 Å². The fraction of sp³-hybridized carbons (Fsp3) is 1.00. The van der Waals surface area contributed by atoms with E-state index in [1.165, 1.54) is 19.3 Å². The SMILES string of the molecule is FCCCN1CCOC2(CCC2)C1. The summed E-state index contributed by atoms with van der Waals surface area (Å²) >= 11 is 0. The monoisotopic (exact) mass is 187 g/mol. The van der Waals surface area contributed by atoms with Crippen molar-refractivity contribution in [2.75, 3.05) is 32.9 Å². The maximum Gasteiger partial charge on any atom is 0.0906 e. The lowest BCUT2D eigenvalue weighted by atomic mass is 9.79. The molecule has 2 fully saturated rings. The van der Waals surface area contributed by atoms with Crippen molar-refractivity contribution in [2.24, 2.45) is 0 Å². The quantitative estimate of drug-likeness (QED) is 0.665. The summed E-state index contributed by atoms with van der Waals surface area (Å²) in [6.45, 7) is 3.58. The minimum atomic E-state index is -0.190. The highest BCUT2D eigenvalue weighted by atomic mass is 19.1. The summed E-state index contributed by atoms with van der Waals surface area (Å²) in [6, 6.07) is 0. The molecule has 0 atom stereocenters. The van der Waals surface area contributed by atoms with Crippen LogP contribution in [0.1, 0.15) is 25.7 Å². The van der Waals surface area contributed by atoms with Crippen molar-refractivity contribution in [3.8, 4) is 0 Å². The first-order valence-electron chi connectivity index (χ1n) is 5.27. The summed E-state index contributed by atoms with van der Waals surface area (Å²) in [5.74, 6) is 0. The molecular formula is C10H18FNO. The molecule has 0 unspecified atom stereocenters. The van der Waals surface area contributed by atoms with Gasteiger partial charge in [0.25, 0.3) is 0 Å². The number of nitrogens with zero attached hydrogens (tertiary/aromatic N) is 1. The van der Waals surface area contributed by atoms with Crippen molar-refractivity contribution in [3.63, 3.8) is 0 Å². The van der Waals surface area contributed by atoms with Crippen LogP contribution in [0.15, 0.2) is 0 Å². The van der Waals surface area contributed by atoms with Crippen LogP contribution in [0, 0.1) is 0 Å². The van der Waals surface area contributed by atoms with Crippen molar-refractivity contribution < 1.29 is 9.13 Å². The van der Waals surface area contributed by atoms with E-state index in [1.807, 2.05) is 0 Å². The highest BCUT2D eigenvalue weighted by Gasteiger charge is 2.41. The average molecular weight is 187 g/mol. The second kappa shape index (κ2) is 3.93. The smallest absolute Gasteiger partial charge is 0.0906 e. The van der Waals surface area contributed by atoms with Crippen LogP contribution in [0.5, 0.6) is 0 Å². The highest BCUT2D eigenvalue weighted by molar-refractivity contribution is 4.94. The van der Waals surface area contributed by atoms with Gasteiger partial charge in [0.15, 0.2) is 0 Å². The second-order valence-electron chi connectivity index (χ2n) is 4.20. The van der Waals surface area contributed by atoms with Crippen molar-refractivity contribution in [3.05, 3.63) is 0 Å². The van der Waals surface area contributed by atoms with Crippen LogP contribution in [0.2, 0.25) is 0 Å². The predicted molar refractivity (Wildman–Crippen MR) is 49.6 cm³/mol. The van der Waals surface area contributed by atoms with Crippen LogP contribution in [0.25, 0.3) is 0 Å². The topological polar surface area (TPSA) is 12.5 Å². The van der Waals surface area contributed by atoms with E-state index in [-0.39, 0.29) is 12.3 Å². The van der Waals surface area contributed by atoms with Crippen molar-refractivity contribution >= 4 is 0 Å². The van der Waals surface area contributed by atoms with Crippen molar-refractivity contribution in [1.29, 1.82) is 0 Å². The molecule has 0 aromatic heterocycles. The maximum absolute atomic E-state index is 12.0. The molecule has 2 nitrogen and oxygen atoms in total. The van der Waals surface area contributed by atoms with E-state index in [2.05, 4.69) is 4.90 Å². The number of ether oxygens (including phenoxy) is 1. The zero-order chi connectivity index (χ0) is 9.15. The molecule has 1 aliphatic heterocycles. The lowest BCUT2D eigenvalue weighted by Crippen LogP contribution is -2.55. The zero-order valence-corrected chi connectivity index (χ0v) is 8.10. The van der Waals surface area contributed by atoms with Crippen LogP contribution in [-0.4, -0.2) is 43.4 Å². The molecule has 2 aliphatic rings. The van der Waals surface area contributed by atoms with E-state index in [1.54, 1.807) is 0 Å². The van der Waals surface area contributed by atoms with Crippen molar-refractivity contribution in [2.45, 2.75) is 31.3 Å². The Bertz CT molecular complexity index is 170. The number of hydrogen-bond acceptors (Lipinski definition) is 2. The minimum Gasteiger partial charge on any atom is -0.372 e. The Morgan fingerprint density at radius 3 is 2.85 bits per heavy atom. The number of halogens is 1. The lowest BCUT2D eigenvalue weighted by Gasteiger charge is -2.48. The van der Waals surface area contributed by atoms with Gasteiger partial charge in [-0.2, -0.15) is 0 Å². The van der Waals surface area contributed by atoms with Gasteiger partial charge in [0.2, 0.25) is 0 Å². The normalized spacial score (nSPS) is 27.5. The Morgan fingerprint density at radius 2 is 2.23 bits per heavy atom. The minimum absolute atomic E-state index is 0.175. The number of alkyl halides is 1. The molecule has 1 saturated heterocycles. The van der Waals surface area contributed by atoms with Crippen LogP contribution in [0.3, 0.4) is 0 Å². The summed E-state index contributed by atoms with van der Waals surface area (Å²) in [4.78, 5) is 2.35. The molecule has 76 valence electrons.